The monoisotopic (exact) mass is 135 g/mol. The Bertz CT molecular complexity index is 283. The van der Waals surface area contributed by atoms with E-state index in [1.165, 1.54) is 6.07 Å². The molecule has 0 radical (unpaired) electrons. The van der Waals surface area contributed by atoms with E-state index < -0.39 is 0 Å². The number of rotatable bonds is 0. The van der Waals surface area contributed by atoms with Gasteiger partial charge in [-0.15, -0.1) is 0 Å². The minimum Gasteiger partial charge on any atom is -0.359 e. The molecular formula is C8H6FN. The lowest BCUT2D eigenvalue weighted by molar-refractivity contribution is 0.624. The molecule has 0 saturated carbocycles. The normalized spacial score (nSPS) is 8.10. The van der Waals surface area contributed by atoms with Gasteiger partial charge in [0.25, 0.3) is 0 Å². The molecule has 0 unspecified atom stereocenters. The third kappa shape index (κ3) is 1.26. The van der Waals surface area contributed by atoms with Gasteiger partial charge in [0, 0.05) is 6.04 Å². The average molecular weight is 135 g/mol. The first-order valence-corrected chi connectivity index (χ1v) is 2.81. The summed E-state index contributed by atoms with van der Waals surface area (Å²) in [6.07, 6.45) is 0. The van der Waals surface area contributed by atoms with Crippen LogP contribution in [0.3, 0.4) is 0 Å². The molecule has 1 aromatic carbocycles. The minimum absolute atomic E-state index is 0.333. The van der Waals surface area contributed by atoms with Gasteiger partial charge < -0.3 is 5.73 Å². The van der Waals surface area contributed by atoms with Crippen molar-refractivity contribution in [3.63, 3.8) is 0 Å². The molecule has 1 rings (SSSR count). The van der Waals surface area contributed by atoms with Crippen LogP contribution in [0.15, 0.2) is 24.3 Å². The standard InChI is InChI=1S/C8H6FN/c9-8-4-2-1-3-7(8)5-6-10/h1-4H,10H2. The third-order valence-corrected chi connectivity index (χ3v) is 1.08. The number of halogens is 1. The molecule has 0 heterocycles. The second kappa shape index (κ2) is 2.88. The maximum Gasteiger partial charge on any atom is 0.138 e. The van der Waals surface area contributed by atoms with Gasteiger partial charge in [-0.1, -0.05) is 12.1 Å². The van der Waals surface area contributed by atoms with Crippen molar-refractivity contribution in [1.29, 1.82) is 0 Å². The minimum atomic E-state index is -0.333. The van der Waals surface area contributed by atoms with Crippen molar-refractivity contribution in [3.05, 3.63) is 35.6 Å². The third-order valence-electron chi connectivity index (χ3n) is 1.08. The van der Waals surface area contributed by atoms with Crippen LogP contribution in [-0.2, 0) is 0 Å². The lowest BCUT2D eigenvalue weighted by Crippen LogP contribution is -1.83. The molecule has 1 aromatic rings. The van der Waals surface area contributed by atoms with Crippen molar-refractivity contribution in [3.8, 4) is 12.0 Å². The van der Waals surface area contributed by atoms with Crippen LogP contribution in [0.5, 0.6) is 0 Å². The van der Waals surface area contributed by atoms with E-state index in [2.05, 4.69) is 12.0 Å². The zero-order chi connectivity index (χ0) is 7.40. The lowest BCUT2D eigenvalue weighted by Gasteiger charge is -1.89. The van der Waals surface area contributed by atoms with E-state index in [-0.39, 0.29) is 5.82 Å². The van der Waals surface area contributed by atoms with E-state index in [0.29, 0.717) is 5.56 Å². The second-order valence-electron chi connectivity index (χ2n) is 1.75. The van der Waals surface area contributed by atoms with Gasteiger partial charge in [-0.05, 0) is 18.1 Å². The summed E-state index contributed by atoms with van der Waals surface area (Å²) in [6.45, 7) is 0. The lowest BCUT2D eigenvalue weighted by atomic mass is 10.2. The molecule has 0 aliphatic carbocycles. The first kappa shape index (κ1) is 6.63. The topological polar surface area (TPSA) is 26.0 Å². The fraction of sp³-hybridized carbons (Fsp3) is 0. The van der Waals surface area contributed by atoms with Crippen LogP contribution in [-0.4, -0.2) is 0 Å². The summed E-state index contributed by atoms with van der Waals surface area (Å²) < 4.78 is 12.6. The summed E-state index contributed by atoms with van der Waals surface area (Å²) in [5.74, 6) is 2.10. The highest BCUT2D eigenvalue weighted by Crippen LogP contribution is 2.02. The zero-order valence-corrected chi connectivity index (χ0v) is 5.26. The van der Waals surface area contributed by atoms with Crippen LogP contribution in [0.4, 0.5) is 4.39 Å². The smallest absolute Gasteiger partial charge is 0.138 e. The molecule has 0 atom stereocenters. The highest BCUT2D eigenvalue weighted by molar-refractivity contribution is 5.34. The van der Waals surface area contributed by atoms with Gasteiger partial charge >= 0.3 is 0 Å². The Morgan fingerprint density at radius 2 is 2.00 bits per heavy atom. The SMILES string of the molecule is NC#Cc1ccccc1F. The van der Waals surface area contributed by atoms with Crippen LogP contribution in [0.2, 0.25) is 0 Å². The fourth-order valence-electron chi connectivity index (χ4n) is 0.640. The predicted molar refractivity (Wildman–Crippen MR) is 37.5 cm³/mol. The summed E-state index contributed by atoms with van der Waals surface area (Å²) in [4.78, 5) is 0. The highest BCUT2D eigenvalue weighted by atomic mass is 19.1. The zero-order valence-electron chi connectivity index (χ0n) is 5.26. The van der Waals surface area contributed by atoms with Crippen LogP contribution >= 0.6 is 0 Å². The van der Waals surface area contributed by atoms with Crippen molar-refractivity contribution in [1.82, 2.24) is 0 Å². The van der Waals surface area contributed by atoms with Crippen LogP contribution in [0.25, 0.3) is 0 Å². The van der Waals surface area contributed by atoms with E-state index in [1.807, 2.05) is 0 Å². The molecule has 10 heavy (non-hydrogen) atoms. The van der Waals surface area contributed by atoms with Crippen molar-refractivity contribution in [2.75, 3.05) is 0 Å². The Morgan fingerprint density at radius 3 is 2.60 bits per heavy atom. The fourth-order valence-corrected chi connectivity index (χ4v) is 0.640. The summed E-state index contributed by atoms with van der Waals surface area (Å²) in [6, 6.07) is 8.38. The quantitative estimate of drug-likeness (QED) is 0.418. The van der Waals surface area contributed by atoms with E-state index in [4.69, 9.17) is 5.73 Å². The van der Waals surface area contributed by atoms with Crippen LogP contribution in [0.1, 0.15) is 5.56 Å². The van der Waals surface area contributed by atoms with Crippen molar-refractivity contribution < 1.29 is 4.39 Å². The first-order chi connectivity index (χ1) is 4.84. The number of benzene rings is 1. The van der Waals surface area contributed by atoms with Crippen LogP contribution < -0.4 is 5.73 Å². The molecular weight excluding hydrogens is 129 g/mol. The van der Waals surface area contributed by atoms with Crippen molar-refractivity contribution >= 4 is 0 Å². The van der Waals surface area contributed by atoms with Gasteiger partial charge in [0.1, 0.15) is 5.82 Å². The Kier molecular flexibility index (Phi) is 1.91. The van der Waals surface area contributed by atoms with Gasteiger partial charge in [0.15, 0.2) is 0 Å². The van der Waals surface area contributed by atoms with Crippen LogP contribution in [0, 0.1) is 17.8 Å². The van der Waals surface area contributed by atoms with Gasteiger partial charge in [0.2, 0.25) is 0 Å². The average Bonchev–Trinajstić information content (AvgIpc) is 1.94. The van der Waals surface area contributed by atoms with Gasteiger partial charge in [0.05, 0.1) is 5.56 Å². The summed E-state index contributed by atoms with van der Waals surface area (Å²) in [7, 11) is 0. The van der Waals surface area contributed by atoms with E-state index in [0.717, 1.165) is 0 Å². The van der Waals surface area contributed by atoms with Gasteiger partial charge in [-0.3, -0.25) is 0 Å². The molecule has 0 bridgehead atoms. The molecule has 0 amide bonds. The predicted octanol–water partition coefficient (Wildman–Crippen LogP) is 1.09. The van der Waals surface area contributed by atoms with Gasteiger partial charge in [-0.2, -0.15) is 0 Å². The van der Waals surface area contributed by atoms with E-state index in [9.17, 15) is 4.39 Å². The highest BCUT2D eigenvalue weighted by Gasteiger charge is 1.93. The summed E-state index contributed by atoms with van der Waals surface area (Å²) in [5.41, 5.74) is 5.24. The molecule has 2 N–H and O–H groups in total. The largest absolute Gasteiger partial charge is 0.359 e. The Labute approximate surface area is 58.7 Å². The number of hydrogen-bond donors (Lipinski definition) is 1. The Balaban J connectivity index is 3.11. The van der Waals surface area contributed by atoms with Crippen molar-refractivity contribution in [2.45, 2.75) is 0 Å². The molecule has 0 aromatic heterocycles. The first-order valence-electron chi connectivity index (χ1n) is 2.81. The number of hydrogen-bond acceptors (Lipinski definition) is 1. The molecule has 0 spiro atoms. The van der Waals surface area contributed by atoms with E-state index in [1.54, 1.807) is 18.2 Å². The Hall–Kier alpha value is -1.49. The summed E-state index contributed by atoms with van der Waals surface area (Å²) in [5, 5.41) is 0. The molecule has 1 nitrogen and oxygen atoms in total. The maximum absolute atomic E-state index is 12.6. The maximum atomic E-state index is 12.6. The molecule has 50 valence electrons. The summed E-state index contributed by atoms with van der Waals surface area (Å²) >= 11 is 0. The van der Waals surface area contributed by atoms with Crippen molar-refractivity contribution in [2.24, 2.45) is 5.73 Å². The van der Waals surface area contributed by atoms with E-state index >= 15 is 0 Å². The Morgan fingerprint density at radius 1 is 1.30 bits per heavy atom. The molecule has 0 saturated heterocycles. The molecule has 0 fully saturated rings. The number of nitrogens with two attached hydrogens (primary N) is 1. The molecule has 2 heteroatoms. The second-order valence-corrected chi connectivity index (χ2v) is 1.75. The molecule has 0 aliphatic heterocycles. The van der Waals surface area contributed by atoms with Gasteiger partial charge in [-0.25, -0.2) is 4.39 Å². The molecule has 0 aliphatic rings.